The molecule has 0 amide bonds. The first kappa shape index (κ1) is 12.7. The first-order chi connectivity index (χ1) is 9.24. The average Bonchev–Trinajstić information content (AvgIpc) is 3.22. The van der Waals surface area contributed by atoms with Gasteiger partial charge in [0, 0.05) is 0 Å². The molecule has 1 saturated carbocycles. The summed E-state index contributed by atoms with van der Waals surface area (Å²) in [6.45, 7) is 0. The molecule has 1 saturated heterocycles. The summed E-state index contributed by atoms with van der Waals surface area (Å²) in [6.07, 6.45) is 4.32. The Morgan fingerprint density at radius 1 is 1.42 bits per heavy atom. The van der Waals surface area contributed by atoms with Crippen molar-refractivity contribution in [3.63, 3.8) is 0 Å². The van der Waals surface area contributed by atoms with E-state index in [1.807, 2.05) is 18.2 Å². The Labute approximate surface area is 113 Å². The normalized spacial score (nSPS) is 34.1. The second kappa shape index (κ2) is 4.96. The van der Waals surface area contributed by atoms with E-state index in [1.165, 1.54) is 5.56 Å². The minimum atomic E-state index is -0.924. The summed E-state index contributed by atoms with van der Waals surface area (Å²) < 4.78 is 5.53. The number of aliphatic hydroxyl groups is 1. The van der Waals surface area contributed by atoms with Crippen molar-refractivity contribution in [3.05, 3.63) is 35.9 Å². The lowest BCUT2D eigenvalue weighted by atomic mass is 9.74. The Kier molecular flexibility index (Phi) is 3.30. The number of nitrogens with zero attached hydrogens (tertiary/aromatic N) is 1. The maximum absolute atomic E-state index is 10.8. The highest BCUT2D eigenvalue weighted by Gasteiger charge is 2.59. The highest BCUT2D eigenvalue weighted by atomic mass is 16.6. The third-order valence-electron chi connectivity index (χ3n) is 4.46. The van der Waals surface area contributed by atoms with E-state index >= 15 is 0 Å². The van der Waals surface area contributed by atoms with Crippen LogP contribution < -0.4 is 0 Å². The molecule has 2 aliphatic rings. The van der Waals surface area contributed by atoms with Crippen LogP contribution in [0.25, 0.3) is 0 Å². The van der Waals surface area contributed by atoms with E-state index in [4.69, 9.17) is 4.74 Å². The van der Waals surface area contributed by atoms with Crippen LogP contribution in [0.15, 0.2) is 30.3 Å². The molecule has 1 unspecified atom stereocenters. The highest BCUT2D eigenvalue weighted by molar-refractivity contribution is 5.17. The molecule has 1 aliphatic heterocycles. The lowest BCUT2D eigenvalue weighted by molar-refractivity contribution is -0.0371. The van der Waals surface area contributed by atoms with E-state index in [-0.39, 0.29) is 18.1 Å². The van der Waals surface area contributed by atoms with E-state index in [2.05, 4.69) is 18.2 Å². The zero-order valence-corrected chi connectivity index (χ0v) is 11.0. The lowest BCUT2D eigenvalue weighted by Gasteiger charge is -2.33. The Hall–Kier alpha value is -1.37. The molecule has 0 bridgehead atoms. The van der Waals surface area contributed by atoms with Gasteiger partial charge in [-0.25, -0.2) is 0 Å². The molecule has 100 valence electrons. The van der Waals surface area contributed by atoms with Crippen molar-refractivity contribution in [2.24, 2.45) is 5.92 Å². The molecule has 3 nitrogen and oxygen atoms in total. The predicted octanol–water partition coefficient (Wildman–Crippen LogP) is 2.44. The van der Waals surface area contributed by atoms with Gasteiger partial charge in [0.15, 0.2) is 0 Å². The van der Waals surface area contributed by atoms with Gasteiger partial charge < -0.3 is 9.84 Å². The molecular formula is C16H19NO2. The van der Waals surface area contributed by atoms with E-state index in [0.717, 1.165) is 19.3 Å². The van der Waals surface area contributed by atoms with Gasteiger partial charge in [-0.3, -0.25) is 0 Å². The van der Waals surface area contributed by atoms with Gasteiger partial charge in [-0.05, 0) is 37.7 Å². The van der Waals surface area contributed by atoms with Crippen molar-refractivity contribution in [1.82, 2.24) is 0 Å². The van der Waals surface area contributed by atoms with E-state index in [1.54, 1.807) is 0 Å². The predicted molar refractivity (Wildman–Crippen MR) is 71.3 cm³/mol. The van der Waals surface area contributed by atoms with Crippen LogP contribution in [-0.4, -0.2) is 22.9 Å². The zero-order chi connectivity index (χ0) is 13.3. The summed E-state index contributed by atoms with van der Waals surface area (Å²) in [6, 6.07) is 12.4. The molecule has 3 heteroatoms. The number of aryl methyl sites for hydroxylation is 1. The molecule has 1 heterocycles. The van der Waals surface area contributed by atoms with Crippen LogP contribution in [0.2, 0.25) is 0 Å². The van der Waals surface area contributed by atoms with Gasteiger partial charge in [0.2, 0.25) is 0 Å². The molecule has 4 atom stereocenters. The Morgan fingerprint density at radius 3 is 2.95 bits per heavy atom. The van der Waals surface area contributed by atoms with Gasteiger partial charge in [-0.15, -0.1) is 0 Å². The van der Waals surface area contributed by atoms with Crippen molar-refractivity contribution in [2.45, 2.75) is 49.9 Å². The van der Waals surface area contributed by atoms with Crippen LogP contribution >= 0.6 is 0 Å². The number of epoxide rings is 1. The average molecular weight is 257 g/mol. The molecule has 0 aromatic heterocycles. The topological polar surface area (TPSA) is 56.5 Å². The van der Waals surface area contributed by atoms with Crippen molar-refractivity contribution in [1.29, 1.82) is 5.26 Å². The SMILES string of the molecule is N#CC(CCc1ccccc1)[C@@]1(O)CCC[C@@H]2O[C@@H]21. The van der Waals surface area contributed by atoms with Gasteiger partial charge in [-0.1, -0.05) is 30.3 Å². The second-order valence-electron chi connectivity index (χ2n) is 5.68. The van der Waals surface area contributed by atoms with Gasteiger partial charge in [0.1, 0.15) is 11.7 Å². The molecule has 1 aromatic rings. The first-order valence-corrected chi connectivity index (χ1v) is 7.05. The summed E-state index contributed by atoms with van der Waals surface area (Å²) in [5.41, 5.74) is 0.294. The number of ether oxygens (including phenoxy) is 1. The molecule has 19 heavy (non-hydrogen) atoms. The van der Waals surface area contributed by atoms with Crippen molar-refractivity contribution in [3.8, 4) is 6.07 Å². The fourth-order valence-electron chi connectivity index (χ4n) is 3.29. The Morgan fingerprint density at radius 2 is 2.21 bits per heavy atom. The van der Waals surface area contributed by atoms with Crippen LogP contribution in [-0.2, 0) is 11.2 Å². The molecule has 2 fully saturated rings. The fourth-order valence-corrected chi connectivity index (χ4v) is 3.29. The van der Waals surface area contributed by atoms with Gasteiger partial charge in [0.25, 0.3) is 0 Å². The zero-order valence-electron chi connectivity index (χ0n) is 11.0. The third-order valence-corrected chi connectivity index (χ3v) is 4.46. The third kappa shape index (κ3) is 2.39. The maximum atomic E-state index is 10.8. The van der Waals surface area contributed by atoms with Crippen LogP contribution in [0, 0.1) is 17.2 Å². The van der Waals surface area contributed by atoms with Crippen LogP contribution in [0.3, 0.4) is 0 Å². The smallest absolute Gasteiger partial charge is 0.114 e. The van der Waals surface area contributed by atoms with Crippen molar-refractivity contribution >= 4 is 0 Å². The minimum absolute atomic E-state index is 0.0957. The maximum Gasteiger partial charge on any atom is 0.114 e. The number of rotatable bonds is 4. The number of hydrogen-bond acceptors (Lipinski definition) is 3. The van der Waals surface area contributed by atoms with Gasteiger partial charge >= 0.3 is 0 Å². The van der Waals surface area contributed by atoms with Crippen molar-refractivity contribution in [2.75, 3.05) is 0 Å². The number of fused-ring (bicyclic) bond motifs is 1. The quantitative estimate of drug-likeness (QED) is 0.843. The number of benzene rings is 1. The highest BCUT2D eigenvalue weighted by Crippen LogP contribution is 2.47. The van der Waals surface area contributed by atoms with E-state index in [9.17, 15) is 10.4 Å². The summed E-state index contributed by atoms with van der Waals surface area (Å²) in [5.74, 6) is -0.331. The molecule has 0 radical (unpaired) electrons. The molecule has 1 N–H and O–H groups in total. The number of hydrogen-bond donors (Lipinski definition) is 1. The first-order valence-electron chi connectivity index (χ1n) is 7.05. The summed E-state index contributed by atoms with van der Waals surface area (Å²) in [5, 5.41) is 20.2. The Balaban J connectivity index is 1.66. The molecule has 0 spiro atoms. The van der Waals surface area contributed by atoms with Crippen molar-refractivity contribution < 1.29 is 9.84 Å². The van der Waals surface area contributed by atoms with Crippen LogP contribution in [0.4, 0.5) is 0 Å². The van der Waals surface area contributed by atoms with E-state index < -0.39 is 5.60 Å². The summed E-state index contributed by atoms with van der Waals surface area (Å²) in [4.78, 5) is 0. The molecular weight excluding hydrogens is 238 g/mol. The fraction of sp³-hybridized carbons (Fsp3) is 0.562. The monoisotopic (exact) mass is 257 g/mol. The standard InChI is InChI=1S/C16H19NO2/c17-11-13(9-8-12-5-2-1-3-6-12)16(18)10-4-7-14-15(16)19-14/h1-3,5-6,13-15,18H,4,7-10H2/t13?,14-,15-,16-/m0/s1. The Bertz CT molecular complexity index is 481. The molecule has 3 rings (SSSR count). The second-order valence-corrected chi connectivity index (χ2v) is 5.68. The summed E-state index contributed by atoms with van der Waals surface area (Å²) >= 11 is 0. The van der Waals surface area contributed by atoms with Gasteiger partial charge in [0.05, 0.1) is 18.1 Å². The minimum Gasteiger partial charge on any atom is -0.386 e. The molecule has 1 aliphatic carbocycles. The number of nitriles is 1. The van der Waals surface area contributed by atoms with E-state index in [0.29, 0.717) is 12.8 Å². The van der Waals surface area contributed by atoms with Crippen LogP contribution in [0.1, 0.15) is 31.2 Å². The summed E-state index contributed by atoms with van der Waals surface area (Å²) in [7, 11) is 0. The van der Waals surface area contributed by atoms with Gasteiger partial charge in [-0.2, -0.15) is 5.26 Å². The largest absolute Gasteiger partial charge is 0.386 e. The van der Waals surface area contributed by atoms with Crippen LogP contribution in [0.5, 0.6) is 0 Å². The lowest BCUT2D eigenvalue weighted by Crippen LogP contribution is -2.46. The molecule has 1 aromatic carbocycles.